The molecule has 0 fully saturated rings. The molecular weight excluding hydrogens is 256 g/mol. The van der Waals surface area contributed by atoms with Crippen molar-refractivity contribution in [1.82, 2.24) is 10.3 Å². The van der Waals surface area contributed by atoms with Crippen molar-refractivity contribution in [2.24, 2.45) is 5.92 Å². The van der Waals surface area contributed by atoms with Crippen molar-refractivity contribution < 1.29 is 5.11 Å². The molecule has 1 aromatic heterocycles. The minimum absolute atomic E-state index is 0.259. The Hall–Kier alpha value is -0.710. The Morgan fingerprint density at radius 1 is 1.42 bits per heavy atom. The minimum atomic E-state index is 0.259. The molecule has 2 aliphatic carbocycles. The lowest BCUT2D eigenvalue weighted by Crippen LogP contribution is -2.29. The summed E-state index contributed by atoms with van der Waals surface area (Å²) in [5, 5.41) is 14.0. The number of aliphatic hydroxyl groups excluding tert-OH is 1. The highest BCUT2D eigenvalue weighted by Gasteiger charge is 2.23. The predicted octanol–water partition coefficient (Wildman–Crippen LogP) is 2.61. The van der Waals surface area contributed by atoms with Crippen LogP contribution in [0.4, 0.5) is 0 Å². The molecule has 3 atom stereocenters. The van der Waals surface area contributed by atoms with Gasteiger partial charge in [-0.15, -0.1) is 11.3 Å². The van der Waals surface area contributed by atoms with Crippen molar-refractivity contribution in [3.05, 3.63) is 27.7 Å². The van der Waals surface area contributed by atoms with Gasteiger partial charge in [-0.1, -0.05) is 12.2 Å². The highest BCUT2D eigenvalue weighted by molar-refractivity contribution is 7.11. The van der Waals surface area contributed by atoms with Gasteiger partial charge in [0.15, 0.2) is 0 Å². The SMILES string of the molecule is C[C@@H](N[C@@H]1C=C[C@H](CO)C1)c1nc2c(s1)CCCC2. The van der Waals surface area contributed by atoms with Gasteiger partial charge in [0, 0.05) is 23.4 Å². The van der Waals surface area contributed by atoms with E-state index in [1.54, 1.807) is 0 Å². The van der Waals surface area contributed by atoms with Crippen molar-refractivity contribution >= 4 is 11.3 Å². The van der Waals surface area contributed by atoms with Crippen molar-refractivity contribution in [1.29, 1.82) is 0 Å². The first kappa shape index (κ1) is 13.3. The zero-order chi connectivity index (χ0) is 13.2. The number of rotatable bonds is 4. The third kappa shape index (κ3) is 2.91. The quantitative estimate of drug-likeness (QED) is 0.832. The monoisotopic (exact) mass is 278 g/mol. The van der Waals surface area contributed by atoms with E-state index in [0.29, 0.717) is 18.0 Å². The van der Waals surface area contributed by atoms with Crippen LogP contribution in [0.1, 0.15) is 47.8 Å². The van der Waals surface area contributed by atoms with Gasteiger partial charge in [-0.25, -0.2) is 4.98 Å². The fraction of sp³-hybridized carbons (Fsp3) is 0.667. The smallest absolute Gasteiger partial charge is 0.110 e. The van der Waals surface area contributed by atoms with Gasteiger partial charge in [0.05, 0.1) is 11.7 Å². The predicted molar refractivity (Wildman–Crippen MR) is 78.4 cm³/mol. The largest absolute Gasteiger partial charge is 0.396 e. The molecule has 0 spiro atoms. The Labute approximate surface area is 118 Å². The molecule has 4 heteroatoms. The molecule has 2 aliphatic rings. The van der Waals surface area contributed by atoms with E-state index in [1.165, 1.54) is 34.8 Å². The number of aromatic nitrogens is 1. The minimum Gasteiger partial charge on any atom is -0.396 e. The van der Waals surface area contributed by atoms with Crippen LogP contribution in [-0.4, -0.2) is 22.7 Å². The molecule has 0 bridgehead atoms. The molecule has 1 aromatic rings. The van der Waals surface area contributed by atoms with Crippen LogP contribution in [-0.2, 0) is 12.8 Å². The fourth-order valence-electron chi connectivity index (χ4n) is 2.98. The zero-order valence-corrected chi connectivity index (χ0v) is 12.2. The Morgan fingerprint density at radius 3 is 3.00 bits per heavy atom. The standard InChI is InChI=1S/C15H22N2OS/c1-10(16-12-7-6-11(8-12)9-18)15-17-13-4-2-3-5-14(13)19-15/h6-7,10-12,16,18H,2-5,8-9H2,1H3/t10-,11+,12-/m1/s1. The number of aryl methyl sites for hydroxylation is 2. The van der Waals surface area contributed by atoms with Gasteiger partial charge < -0.3 is 10.4 Å². The van der Waals surface area contributed by atoms with Gasteiger partial charge in [-0.3, -0.25) is 0 Å². The van der Waals surface area contributed by atoms with Gasteiger partial charge in [-0.05, 0) is 39.0 Å². The van der Waals surface area contributed by atoms with Crippen LogP contribution in [0.2, 0.25) is 0 Å². The summed E-state index contributed by atoms with van der Waals surface area (Å²) in [6.45, 7) is 2.46. The van der Waals surface area contributed by atoms with Gasteiger partial charge in [0.1, 0.15) is 5.01 Å². The van der Waals surface area contributed by atoms with Crippen molar-refractivity contribution in [3.8, 4) is 0 Å². The second-order valence-electron chi connectivity index (χ2n) is 5.69. The molecule has 0 saturated heterocycles. The molecule has 3 rings (SSSR count). The molecule has 0 aromatic carbocycles. The number of thiazole rings is 1. The highest BCUT2D eigenvalue weighted by Crippen LogP contribution is 2.30. The second-order valence-corrected chi connectivity index (χ2v) is 6.80. The number of nitrogens with zero attached hydrogens (tertiary/aromatic N) is 1. The Balaban J connectivity index is 1.63. The fourth-order valence-corrected chi connectivity index (χ4v) is 4.15. The van der Waals surface area contributed by atoms with Gasteiger partial charge in [-0.2, -0.15) is 0 Å². The van der Waals surface area contributed by atoms with Crippen LogP contribution in [0.15, 0.2) is 12.2 Å². The topological polar surface area (TPSA) is 45.1 Å². The summed E-state index contributed by atoms with van der Waals surface area (Å²) in [6.07, 6.45) is 10.3. The summed E-state index contributed by atoms with van der Waals surface area (Å²) in [4.78, 5) is 6.32. The molecule has 3 nitrogen and oxygen atoms in total. The highest BCUT2D eigenvalue weighted by atomic mass is 32.1. The average molecular weight is 278 g/mol. The van der Waals surface area contributed by atoms with E-state index >= 15 is 0 Å². The van der Waals surface area contributed by atoms with Crippen LogP contribution >= 0.6 is 11.3 Å². The summed E-state index contributed by atoms with van der Waals surface area (Å²) < 4.78 is 0. The van der Waals surface area contributed by atoms with Crippen LogP contribution in [0.25, 0.3) is 0 Å². The number of aliphatic hydroxyl groups is 1. The molecule has 19 heavy (non-hydrogen) atoms. The molecule has 0 saturated carbocycles. The lowest BCUT2D eigenvalue weighted by molar-refractivity contribution is 0.245. The molecule has 0 radical (unpaired) electrons. The maximum atomic E-state index is 9.16. The molecule has 0 unspecified atom stereocenters. The number of hydrogen-bond acceptors (Lipinski definition) is 4. The summed E-state index contributed by atoms with van der Waals surface area (Å²) in [5.74, 6) is 0.328. The van der Waals surface area contributed by atoms with E-state index in [1.807, 2.05) is 11.3 Å². The van der Waals surface area contributed by atoms with Crippen LogP contribution in [0.3, 0.4) is 0 Å². The van der Waals surface area contributed by atoms with Crippen molar-refractivity contribution in [2.45, 2.75) is 51.1 Å². The summed E-state index contributed by atoms with van der Waals surface area (Å²) in [6, 6.07) is 0.691. The second kappa shape index (κ2) is 5.73. The van der Waals surface area contributed by atoms with E-state index in [4.69, 9.17) is 10.1 Å². The van der Waals surface area contributed by atoms with Gasteiger partial charge in [0.2, 0.25) is 0 Å². The van der Waals surface area contributed by atoms with Crippen LogP contribution in [0.5, 0.6) is 0 Å². The molecule has 2 N–H and O–H groups in total. The van der Waals surface area contributed by atoms with Crippen LogP contribution < -0.4 is 5.32 Å². The van der Waals surface area contributed by atoms with E-state index in [0.717, 1.165) is 12.8 Å². The first-order valence-electron chi connectivity index (χ1n) is 7.30. The summed E-state index contributed by atoms with van der Waals surface area (Å²) in [5.41, 5.74) is 1.34. The third-order valence-corrected chi connectivity index (χ3v) is 5.44. The van der Waals surface area contributed by atoms with Crippen LogP contribution in [0, 0.1) is 5.92 Å². The van der Waals surface area contributed by atoms with Gasteiger partial charge >= 0.3 is 0 Å². The lowest BCUT2D eigenvalue weighted by Gasteiger charge is -2.17. The first-order chi connectivity index (χ1) is 9.26. The molecule has 0 aliphatic heterocycles. The lowest BCUT2D eigenvalue weighted by atomic mass is 10.0. The molecule has 1 heterocycles. The average Bonchev–Trinajstić information content (AvgIpc) is 3.04. The Kier molecular flexibility index (Phi) is 4.01. The van der Waals surface area contributed by atoms with E-state index in [9.17, 15) is 0 Å². The van der Waals surface area contributed by atoms with E-state index in [2.05, 4.69) is 24.4 Å². The number of hydrogen-bond donors (Lipinski definition) is 2. The van der Waals surface area contributed by atoms with E-state index in [-0.39, 0.29) is 6.61 Å². The van der Waals surface area contributed by atoms with Crippen molar-refractivity contribution in [3.63, 3.8) is 0 Å². The molecule has 104 valence electrons. The van der Waals surface area contributed by atoms with Crippen molar-refractivity contribution in [2.75, 3.05) is 6.61 Å². The Bertz CT molecular complexity index is 445. The first-order valence-corrected chi connectivity index (χ1v) is 8.11. The Morgan fingerprint density at radius 2 is 2.26 bits per heavy atom. The maximum Gasteiger partial charge on any atom is 0.110 e. The zero-order valence-electron chi connectivity index (χ0n) is 11.4. The number of fused-ring (bicyclic) bond motifs is 1. The molecular formula is C15H22N2OS. The van der Waals surface area contributed by atoms with E-state index < -0.39 is 0 Å². The third-order valence-electron chi connectivity index (χ3n) is 4.10. The summed E-state index contributed by atoms with van der Waals surface area (Å²) in [7, 11) is 0. The maximum absolute atomic E-state index is 9.16. The summed E-state index contributed by atoms with van der Waals surface area (Å²) >= 11 is 1.89. The normalized spacial score (nSPS) is 27.5. The van der Waals surface area contributed by atoms with Gasteiger partial charge in [0.25, 0.3) is 0 Å². The molecule has 0 amide bonds. The number of nitrogens with one attached hydrogen (secondary N) is 1.